The van der Waals surface area contributed by atoms with Gasteiger partial charge < -0.3 is 9.47 Å². The van der Waals surface area contributed by atoms with E-state index in [0.29, 0.717) is 11.3 Å². The number of carbonyl (C=O) groups excluding carboxylic acids is 1. The lowest BCUT2D eigenvalue weighted by Crippen LogP contribution is -2.01. The minimum atomic E-state index is -0.286. The molecule has 0 atom stereocenters. The lowest BCUT2D eigenvalue weighted by atomic mass is 10.3. The van der Waals surface area contributed by atoms with Crippen molar-refractivity contribution in [2.75, 3.05) is 20.0 Å². The van der Waals surface area contributed by atoms with E-state index in [1.807, 2.05) is 30.3 Å². The molecule has 0 N–H and O–H groups in total. The molecule has 1 aromatic carbocycles. The number of benzene rings is 1. The molecule has 0 spiro atoms. The number of esters is 1. The number of ether oxygens (including phenoxy) is 2. The van der Waals surface area contributed by atoms with Gasteiger partial charge >= 0.3 is 5.97 Å². The van der Waals surface area contributed by atoms with E-state index in [4.69, 9.17) is 4.74 Å². The highest BCUT2D eigenvalue weighted by Crippen LogP contribution is 2.28. The highest BCUT2D eigenvalue weighted by molar-refractivity contribution is 7.99. The topological polar surface area (TPSA) is 35.5 Å². The molecule has 0 heterocycles. The summed E-state index contributed by atoms with van der Waals surface area (Å²) in [7, 11) is 3.03. The van der Waals surface area contributed by atoms with Gasteiger partial charge in [0.2, 0.25) is 0 Å². The van der Waals surface area contributed by atoms with Crippen LogP contribution in [0.25, 0.3) is 0 Å². The maximum absolute atomic E-state index is 11.2. The van der Waals surface area contributed by atoms with Crippen LogP contribution in [0.15, 0.2) is 40.8 Å². The zero-order chi connectivity index (χ0) is 12.7. The molecule has 1 rings (SSSR count). The van der Waals surface area contributed by atoms with Crippen LogP contribution < -0.4 is 4.74 Å². The standard InChI is InChI=1S/C13H16O3S/c1-10(13(14)16-3)8-9-17-12-7-5-4-6-11(12)15-2/h4-8H,9H2,1-3H3. The molecule has 0 bridgehead atoms. The van der Waals surface area contributed by atoms with E-state index in [9.17, 15) is 4.79 Å². The van der Waals surface area contributed by atoms with Crippen molar-refractivity contribution in [3.63, 3.8) is 0 Å². The Balaban J connectivity index is 2.59. The molecule has 92 valence electrons. The number of carbonyl (C=O) groups is 1. The lowest BCUT2D eigenvalue weighted by molar-refractivity contribution is -0.136. The van der Waals surface area contributed by atoms with E-state index in [1.165, 1.54) is 7.11 Å². The van der Waals surface area contributed by atoms with Gasteiger partial charge in [-0.15, -0.1) is 11.8 Å². The smallest absolute Gasteiger partial charge is 0.333 e. The Bertz CT molecular complexity index is 413. The van der Waals surface area contributed by atoms with E-state index in [2.05, 4.69) is 4.74 Å². The van der Waals surface area contributed by atoms with Crippen LogP contribution in [0.4, 0.5) is 0 Å². The van der Waals surface area contributed by atoms with Crippen LogP contribution in [0.2, 0.25) is 0 Å². The van der Waals surface area contributed by atoms with E-state index < -0.39 is 0 Å². The predicted octanol–water partition coefficient (Wildman–Crippen LogP) is 2.91. The van der Waals surface area contributed by atoms with Crippen molar-refractivity contribution in [3.8, 4) is 5.75 Å². The second-order valence-electron chi connectivity index (χ2n) is 3.34. The summed E-state index contributed by atoms with van der Waals surface area (Å²) in [5.41, 5.74) is 0.620. The van der Waals surface area contributed by atoms with Crippen LogP contribution in [-0.2, 0) is 9.53 Å². The number of hydrogen-bond donors (Lipinski definition) is 0. The van der Waals surface area contributed by atoms with Gasteiger partial charge in [0.05, 0.1) is 14.2 Å². The van der Waals surface area contributed by atoms with Gasteiger partial charge in [-0.2, -0.15) is 0 Å². The molecule has 0 unspecified atom stereocenters. The van der Waals surface area contributed by atoms with Gasteiger partial charge in [-0.25, -0.2) is 4.79 Å². The van der Waals surface area contributed by atoms with Gasteiger partial charge in [0.25, 0.3) is 0 Å². The van der Waals surface area contributed by atoms with E-state index in [1.54, 1.807) is 25.8 Å². The minimum Gasteiger partial charge on any atom is -0.496 e. The van der Waals surface area contributed by atoms with Crippen LogP contribution in [-0.4, -0.2) is 25.9 Å². The van der Waals surface area contributed by atoms with Crippen molar-refractivity contribution >= 4 is 17.7 Å². The number of methoxy groups -OCH3 is 2. The third-order valence-electron chi connectivity index (χ3n) is 2.20. The fraction of sp³-hybridized carbons (Fsp3) is 0.308. The summed E-state index contributed by atoms with van der Waals surface area (Å²) >= 11 is 1.62. The van der Waals surface area contributed by atoms with Gasteiger partial charge in [0, 0.05) is 16.2 Å². The number of thioether (sulfide) groups is 1. The average molecular weight is 252 g/mol. The first-order valence-electron chi connectivity index (χ1n) is 5.20. The minimum absolute atomic E-state index is 0.286. The van der Waals surface area contributed by atoms with Gasteiger partial charge in [0.15, 0.2) is 0 Å². The van der Waals surface area contributed by atoms with Crippen molar-refractivity contribution in [1.82, 2.24) is 0 Å². The maximum atomic E-state index is 11.2. The Labute approximate surface area is 106 Å². The molecule has 0 aliphatic carbocycles. The molecule has 0 amide bonds. The first-order chi connectivity index (χ1) is 8.19. The summed E-state index contributed by atoms with van der Waals surface area (Å²) in [6.07, 6.45) is 1.85. The highest BCUT2D eigenvalue weighted by atomic mass is 32.2. The quantitative estimate of drug-likeness (QED) is 0.458. The Hall–Kier alpha value is -1.42. The number of rotatable bonds is 5. The Morgan fingerprint density at radius 1 is 1.35 bits per heavy atom. The van der Waals surface area contributed by atoms with E-state index in [-0.39, 0.29) is 5.97 Å². The average Bonchev–Trinajstić information content (AvgIpc) is 2.38. The molecule has 0 fully saturated rings. The van der Waals surface area contributed by atoms with Crippen LogP contribution in [0, 0.1) is 0 Å². The first kappa shape index (κ1) is 13.6. The molecule has 0 radical (unpaired) electrons. The molecule has 0 aliphatic heterocycles. The van der Waals surface area contributed by atoms with Crippen molar-refractivity contribution in [2.24, 2.45) is 0 Å². The molecular formula is C13H16O3S. The third kappa shape index (κ3) is 4.15. The van der Waals surface area contributed by atoms with Crippen molar-refractivity contribution < 1.29 is 14.3 Å². The molecular weight excluding hydrogens is 236 g/mol. The summed E-state index contributed by atoms with van der Waals surface area (Å²) in [5, 5.41) is 0. The highest BCUT2D eigenvalue weighted by Gasteiger charge is 2.04. The van der Waals surface area contributed by atoms with E-state index >= 15 is 0 Å². The molecule has 4 heteroatoms. The van der Waals surface area contributed by atoms with Gasteiger partial charge in [0.1, 0.15) is 5.75 Å². The fourth-order valence-electron chi connectivity index (χ4n) is 1.24. The molecule has 3 nitrogen and oxygen atoms in total. The summed E-state index contributed by atoms with van der Waals surface area (Å²) in [6, 6.07) is 7.80. The second kappa shape index (κ2) is 7.01. The first-order valence-corrected chi connectivity index (χ1v) is 6.18. The fourth-order valence-corrected chi connectivity index (χ4v) is 2.22. The lowest BCUT2D eigenvalue weighted by Gasteiger charge is -2.06. The van der Waals surface area contributed by atoms with Crippen LogP contribution in [0.1, 0.15) is 6.92 Å². The molecule has 1 aromatic rings. The number of para-hydroxylation sites is 1. The Morgan fingerprint density at radius 2 is 2.06 bits per heavy atom. The van der Waals surface area contributed by atoms with Crippen molar-refractivity contribution in [3.05, 3.63) is 35.9 Å². The van der Waals surface area contributed by atoms with Gasteiger partial charge in [-0.05, 0) is 19.1 Å². The van der Waals surface area contributed by atoms with Crippen LogP contribution in [0.5, 0.6) is 5.75 Å². The summed E-state index contributed by atoms with van der Waals surface area (Å²) < 4.78 is 9.86. The summed E-state index contributed by atoms with van der Waals surface area (Å²) in [6.45, 7) is 1.74. The van der Waals surface area contributed by atoms with Crippen molar-refractivity contribution in [2.45, 2.75) is 11.8 Å². The zero-order valence-corrected chi connectivity index (χ0v) is 11.0. The molecule has 0 aromatic heterocycles. The monoisotopic (exact) mass is 252 g/mol. The predicted molar refractivity (Wildman–Crippen MR) is 69.5 cm³/mol. The SMILES string of the molecule is COC(=O)C(C)=CCSc1ccccc1OC. The number of hydrogen-bond acceptors (Lipinski definition) is 4. The maximum Gasteiger partial charge on any atom is 0.333 e. The third-order valence-corrected chi connectivity index (χ3v) is 3.19. The normalized spacial score (nSPS) is 11.1. The van der Waals surface area contributed by atoms with Gasteiger partial charge in [-0.1, -0.05) is 18.2 Å². The molecule has 17 heavy (non-hydrogen) atoms. The van der Waals surface area contributed by atoms with Crippen molar-refractivity contribution in [1.29, 1.82) is 0 Å². The Kier molecular flexibility index (Phi) is 5.63. The van der Waals surface area contributed by atoms with Crippen LogP contribution in [0.3, 0.4) is 0 Å². The van der Waals surface area contributed by atoms with Crippen LogP contribution >= 0.6 is 11.8 Å². The largest absolute Gasteiger partial charge is 0.496 e. The molecule has 0 aliphatic rings. The summed E-state index contributed by atoms with van der Waals surface area (Å²) in [4.78, 5) is 12.2. The molecule has 0 saturated heterocycles. The zero-order valence-electron chi connectivity index (χ0n) is 10.2. The summed E-state index contributed by atoms with van der Waals surface area (Å²) in [5.74, 6) is 1.27. The Morgan fingerprint density at radius 3 is 2.71 bits per heavy atom. The molecule has 0 saturated carbocycles. The van der Waals surface area contributed by atoms with Gasteiger partial charge in [-0.3, -0.25) is 0 Å². The van der Waals surface area contributed by atoms with E-state index in [0.717, 1.165) is 10.6 Å². The second-order valence-corrected chi connectivity index (χ2v) is 4.40.